The van der Waals surface area contributed by atoms with Crippen LogP contribution in [0.4, 0.5) is 0 Å². The standard InChI is InChI=1S/C9H15N3OS/c1-14-5-4-12-8(13)9(6-10)2-3-11-7-9/h11H,2-5,7H2,1H3,(H,12,13). The largest absolute Gasteiger partial charge is 0.354 e. The Morgan fingerprint density at radius 2 is 2.57 bits per heavy atom. The lowest BCUT2D eigenvalue weighted by molar-refractivity contribution is -0.127. The summed E-state index contributed by atoms with van der Waals surface area (Å²) in [7, 11) is 0. The fraction of sp³-hybridized carbons (Fsp3) is 0.778. The molecule has 1 heterocycles. The monoisotopic (exact) mass is 213 g/mol. The maximum absolute atomic E-state index is 11.7. The van der Waals surface area contributed by atoms with E-state index in [4.69, 9.17) is 5.26 Å². The first-order valence-electron chi connectivity index (χ1n) is 4.64. The maximum Gasteiger partial charge on any atom is 0.241 e. The summed E-state index contributed by atoms with van der Waals surface area (Å²) in [5.74, 6) is 0.764. The first-order valence-corrected chi connectivity index (χ1v) is 6.04. The Hall–Kier alpha value is -0.730. The van der Waals surface area contributed by atoms with Gasteiger partial charge in [-0.2, -0.15) is 17.0 Å². The third-order valence-corrected chi connectivity index (χ3v) is 3.01. The lowest BCUT2D eigenvalue weighted by Gasteiger charge is -2.18. The highest BCUT2D eigenvalue weighted by Gasteiger charge is 2.41. The molecule has 0 spiro atoms. The minimum absolute atomic E-state index is 0.126. The van der Waals surface area contributed by atoms with Crippen LogP contribution >= 0.6 is 11.8 Å². The van der Waals surface area contributed by atoms with Crippen molar-refractivity contribution in [3.63, 3.8) is 0 Å². The summed E-state index contributed by atoms with van der Waals surface area (Å²) in [5.41, 5.74) is -0.821. The lowest BCUT2D eigenvalue weighted by Crippen LogP contribution is -2.42. The van der Waals surface area contributed by atoms with Crippen molar-refractivity contribution in [2.75, 3.05) is 31.6 Å². The zero-order valence-electron chi connectivity index (χ0n) is 8.30. The van der Waals surface area contributed by atoms with Crippen molar-refractivity contribution in [1.29, 1.82) is 5.26 Å². The summed E-state index contributed by atoms with van der Waals surface area (Å²) in [6, 6.07) is 2.12. The second-order valence-corrected chi connectivity index (χ2v) is 4.35. The van der Waals surface area contributed by atoms with Gasteiger partial charge in [0.05, 0.1) is 6.07 Å². The number of carbonyl (C=O) groups is 1. The molecule has 1 aliphatic rings. The highest BCUT2D eigenvalue weighted by molar-refractivity contribution is 7.98. The van der Waals surface area contributed by atoms with Gasteiger partial charge in [-0.1, -0.05) is 0 Å². The molecular formula is C9H15N3OS. The number of rotatable bonds is 4. The third kappa shape index (κ3) is 2.40. The fourth-order valence-corrected chi connectivity index (χ4v) is 1.77. The number of nitrogens with zero attached hydrogens (tertiary/aromatic N) is 1. The van der Waals surface area contributed by atoms with Gasteiger partial charge >= 0.3 is 0 Å². The van der Waals surface area contributed by atoms with Crippen molar-refractivity contribution in [2.45, 2.75) is 6.42 Å². The Morgan fingerprint density at radius 3 is 3.07 bits per heavy atom. The molecule has 78 valence electrons. The molecule has 0 aromatic heterocycles. The number of thioether (sulfide) groups is 1. The first kappa shape index (κ1) is 11.3. The van der Waals surface area contributed by atoms with Gasteiger partial charge in [0, 0.05) is 18.8 Å². The molecule has 0 aromatic rings. The summed E-state index contributed by atoms with van der Waals surface area (Å²) < 4.78 is 0. The molecule has 1 rings (SSSR count). The van der Waals surface area contributed by atoms with E-state index in [9.17, 15) is 4.79 Å². The molecule has 0 bridgehead atoms. The van der Waals surface area contributed by atoms with Gasteiger partial charge in [0.15, 0.2) is 0 Å². The first-order chi connectivity index (χ1) is 6.75. The highest BCUT2D eigenvalue weighted by Crippen LogP contribution is 2.24. The van der Waals surface area contributed by atoms with Gasteiger partial charge in [0.2, 0.25) is 5.91 Å². The molecule has 0 saturated carbocycles. The van der Waals surface area contributed by atoms with E-state index in [-0.39, 0.29) is 5.91 Å². The average molecular weight is 213 g/mol. The van der Waals surface area contributed by atoms with E-state index in [2.05, 4.69) is 16.7 Å². The number of nitriles is 1. The van der Waals surface area contributed by atoms with Crippen molar-refractivity contribution in [2.24, 2.45) is 5.41 Å². The number of hydrogen-bond acceptors (Lipinski definition) is 4. The highest BCUT2D eigenvalue weighted by atomic mass is 32.2. The molecule has 4 nitrogen and oxygen atoms in total. The van der Waals surface area contributed by atoms with Crippen molar-refractivity contribution in [3.8, 4) is 6.07 Å². The van der Waals surface area contributed by atoms with E-state index in [1.54, 1.807) is 11.8 Å². The summed E-state index contributed by atoms with van der Waals surface area (Å²) in [5, 5.41) is 14.8. The van der Waals surface area contributed by atoms with Crippen molar-refractivity contribution in [1.82, 2.24) is 10.6 Å². The minimum Gasteiger partial charge on any atom is -0.354 e. The number of carbonyl (C=O) groups excluding carboxylic acids is 1. The van der Waals surface area contributed by atoms with Crippen LogP contribution in [0, 0.1) is 16.7 Å². The molecule has 1 fully saturated rings. The smallest absolute Gasteiger partial charge is 0.241 e. The van der Waals surface area contributed by atoms with Gasteiger partial charge in [0.25, 0.3) is 0 Å². The van der Waals surface area contributed by atoms with Crippen LogP contribution in [0.15, 0.2) is 0 Å². The number of amides is 1. The average Bonchev–Trinajstić information content (AvgIpc) is 2.67. The van der Waals surface area contributed by atoms with Crippen LogP contribution in [0.3, 0.4) is 0 Å². The molecule has 1 saturated heterocycles. The van der Waals surface area contributed by atoms with E-state index in [1.807, 2.05) is 6.26 Å². The molecule has 5 heteroatoms. The molecule has 0 aromatic carbocycles. The Bertz CT molecular complexity index is 243. The summed E-state index contributed by atoms with van der Waals surface area (Å²) >= 11 is 1.68. The molecule has 1 atom stereocenters. The van der Waals surface area contributed by atoms with E-state index in [0.29, 0.717) is 19.5 Å². The van der Waals surface area contributed by atoms with Crippen LogP contribution in [-0.4, -0.2) is 37.6 Å². The summed E-state index contributed by atoms with van der Waals surface area (Å²) in [4.78, 5) is 11.7. The molecule has 1 aliphatic heterocycles. The molecule has 2 N–H and O–H groups in total. The Morgan fingerprint density at radius 1 is 1.79 bits per heavy atom. The Kier molecular flexibility index (Phi) is 4.23. The van der Waals surface area contributed by atoms with Gasteiger partial charge < -0.3 is 10.6 Å². The minimum atomic E-state index is -0.821. The van der Waals surface area contributed by atoms with Crippen LogP contribution in [0.2, 0.25) is 0 Å². The van der Waals surface area contributed by atoms with Crippen molar-refractivity contribution in [3.05, 3.63) is 0 Å². The normalized spacial score (nSPS) is 25.7. The van der Waals surface area contributed by atoms with E-state index >= 15 is 0 Å². The zero-order chi connectivity index (χ0) is 10.4. The fourth-order valence-electron chi connectivity index (χ4n) is 1.47. The second-order valence-electron chi connectivity index (χ2n) is 3.37. The number of hydrogen-bond donors (Lipinski definition) is 2. The summed E-state index contributed by atoms with van der Waals surface area (Å²) in [6.07, 6.45) is 2.61. The van der Waals surface area contributed by atoms with Gasteiger partial charge in [0.1, 0.15) is 5.41 Å². The summed E-state index contributed by atoms with van der Waals surface area (Å²) in [6.45, 7) is 1.88. The molecular weight excluding hydrogens is 198 g/mol. The molecule has 14 heavy (non-hydrogen) atoms. The van der Waals surface area contributed by atoms with Crippen LogP contribution in [-0.2, 0) is 4.79 Å². The van der Waals surface area contributed by atoms with Gasteiger partial charge in [-0.05, 0) is 19.2 Å². The lowest BCUT2D eigenvalue weighted by atomic mass is 9.88. The second kappa shape index (κ2) is 5.23. The van der Waals surface area contributed by atoms with Crippen molar-refractivity contribution >= 4 is 17.7 Å². The van der Waals surface area contributed by atoms with E-state index in [1.165, 1.54) is 0 Å². The van der Waals surface area contributed by atoms with Gasteiger partial charge in [-0.15, -0.1) is 0 Å². The molecule has 1 amide bonds. The van der Waals surface area contributed by atoms with E-state index in [0.717, 1.165) is 12.3 Å². The van der Waals surface area contributed by atoms with Gasteiger partial charge in [-0.3, -0.25) is 4.79 Å². The van der Waals surface area contributed by atoms with Crippen LogP contribution in [0.25, 0.3) is 0 Å². The van der Waals surface area contributed by atoms with E-state index < -0.39 is 5.41 Å². The molecule has 1 unspecified atom stereocenters. The molecule has 0 aliphatic carbocycles. The van der Waals surface area contributed by atoms with Gasteiger partial charge in [-0.25, -0.2) is 0 Å². The SMILES string of the molecule is CSCCNC(=O)C1(C#N)CCNC1. The Labute approximate surface area is 88.4 Å². The Balaban J connectivity index is 2.45. The maximum atomic E-state index is 11.7. The van der Waals surface area contributed by atoms with Crippen molar-refractivity contribution < 1.29 is 4.79 Å². The number of nitrogens with one attached hydrogen (secondary N) is 2. The predicted molar refractivity (Wildman–Crippen MR) is 56.9 cm³/mol. The predicted octanol–water partition coefficient (Wildman–Crippen LogP) is -0.0311. The van der Waals surface area contributed by atoms with Crippen LogP contribution < -0.4 is 10.6 Å². The van der Waals surface area contributed by atoms with Crippen LogP contribution in [0.5, 0.6) is 0 Å². The third-order valence-electron chi connectivity index (χ3n) is 2.40. The van der Waals surface area contributed by atoms with Crippen LogP contribution in [0.1, 0.15) is 6.42 Å². The quantitative estimate of drug-likeness (QED) is 0.644. The topological polar surface area (TPSA) is 64.9 Å². The molecule has 0 radical (unpaired) electrons. The zero-order valence-corrected chi connectivity index (χ0v) is 9.12.